The fourth-order valence-corrected chi connectivity index (χ4v) is 5.42. The first kappa shape index (κ1) is 34.0. The fraction of sp³-hybridized carbons (Fsp3) is 0.433. The number of halogens is 1. The summed E-state index contributed by atoms with van der Waals surface area (Å²) in [6.45, 7) is 1.67. The van der Waals surface area contributed by atoms with Gasteiger partial charge in [-0.3, -0.25) is 24.0 Å². The van der Waals surface area contributed by atoms with E-state index in [1.165, 1.54) is 6.92 Å². The van der Waals surface area contributed by atoms with E-state index in [-0.39, 0.29) is 51.6 Å². The highest BCUT2D eigenvalue weighted by atomic mass is 35.5. The van der Waals surface area contributed by atoms with Crippen molar-refractivity contribution in [3.05, 3.63) is 70.7 Å². The minimum absolute atomic E-state index is 0.0489. The van der Waals surface area contributed by atoms with Crippen LogP contribution in [0.4, 0.5) is 0 Å². The van der Waals surface area contributed by atoms with Gasteiger partial charge >= 0.3 is 0 Å². The van der Waals surface area contributed by atoms with Gasteiger partial charge in [0.15, 0.2) is 0 Å². The van der Waals surface area contributed by atoms with Crippen LogP contribution in [-0.2, 0) is 46.3 Å². The van der Waals surface area contributed by atoms with Crippen LogP contribution in [0.25, 0.3) is 0 Å². The van der Waals surface area contributed by atoms with E-state index in [1.54, 1.807) is 18.2 Å². The number of hydrogen-bond acceptors (Lipinski definition) is 8. The molecule has 0 radical (unpaired) electrons. The summed E-state index contributed by atoms with van der Waals surface area (Å²) >= 11 is 6.97. The highest BCUT2D eigenvalue weighted by Gasteiger charge is 2.29. The second-order valence-electron chi connectivity index (χ2n) is 9.88. The molecule has 43 heavy (non-hydrogen) atoms. The molecule has 3 atom stereocenters. The minimum atomic E-state index is -0.985. The molecule has 1 saturated heterocycles. The maximum atomic E-state index is 13.6. The Hall–Kier alpha value is -3.45. The van der Waals surface area contributed by atoms with Gasteiger partial charge < -0.3 is 30.7 Å². The third kappa shape index (κ3) is 12.8. The van der Waals surface area contributed by atoms with Gasteiger partial charge in [0.2, 0.25) is 28.7 Å². The zero-order chi connectivity index (χ0) is 31.0. The highest BCUT2D eigenvalue weighted by Crippen LogP contribution is 2.17. The molecular weight excluding hydrogens is 596 g/mol. The van der Waals surface area contributed by atoms with Crippen molar-refractivity contribution in [3.63, 3.8) is 0 Å². The van der Waals surface area contributed by atoms with Gasteiger partial charge in [-0.15, -0.1) is 0 Å². The number of amides is 4. The SMILES string of the molecule is CC(=O)N[C@H]1CSC(=O)[C@H](CCc2cccc(Cl)c2)NC(=O)[C@H](Cc2ccccc2)NC(=O)COCCOCCNC1=O. The van der Waals surface area contributed by atoms with Crippen LogP contribution >= 0.6 is 23.4 Å². The first-order chi connectivity index (χ1) is 20.7. The summed E-state index contributed by atoms with van der Waals surface area (Å²) < 4.78 is 10.8. The molecule has 2 aromatic carbocycles. The number of benzene rings is 2. The number of rotatable bonds is 6. The van der Waals surface area contributed by atoms with Crippen LogP contribution in [0, 0.1) is 0 Å². The van der Waals surface area contributed by atoms with Gasteiger partial charge in [-0.05, 0) is 36.1 Å². The second kappa shape index (κ2) is 18.3. The second-order valence-corrected chi connectivity index (χ2v) is 11.3. The molecule has 11 nitrogen and oxygen atoms in total. The molecule has 0 saturated carbocycles. The van der Waals surface area contributed by atoms with E-state index < -0.39 is 46.9 Å². The minimum Gasteiger partial charge on any atom is -0.377 e. The van der Waals surface area contributed by atoms with Gasteiger partial charge in [0.25, 0.3) is 0 Å². The van der Waals surface area contributed by atoms with Crippen LogP contribution in [0.3, 0.4) is 0 Å². The van der Waals surface area contributed by atoms with Crippen LogP contribution in [0.15, 0.2) is 54.6 Å². The lowest BCUT2D eigenvalue weighted by molar-refractivity contribution is -0.132. The van der Waals surface area contributed by atoms with E-state index >= 15 is 0 Å². The highest BCUT2D eigenvalue weighted by molar-refractivity contribution is 8.13. The van der Waals surface area contributed by atoms with Crippen molar-refractivity contribution >= 4 is 52.1 Å². The van der Waals surface area contributed by atoms with Gasteiger partial charge in [-0.1, -0.05) is 65.8 Å². The third-order valence-corrected chi connectivity index (χ3v) is 7.69. The zero-order valence-electron chi connectivity index (χ0n) is 23.9. The molecule has 4 amide bonds. The first-order valence-corrected chi connectivity index (χ1v) is 15.3. The molecule has 1 aliphatic rings. The predicted octanol–water partition coefficient (Wildman–Crippen LogP) is 1.41. The van der Waals surface area contributed by atoms with E-state index in [4.69, 9.17) is 21.1 Å². The van der Waals surface area contributed by atoms with E-state index in [0.717, 1.165) is 22.9 Å². The Kier molecular flexibility index (Phi) is 14.5. The number of hydrogen-bond donors (Lipinski definition) is 4. The number of nitrogens with one attached hydrogen (secondary N) is 4. The predicted molar refractivity (Wildman–Crippen MR) is 163 cm³/mol. The lowest BCUT2D eigenvalue weighted by Gasteiger charge is -2.24. The first-order valence-electron chi connectivity index (χ1n) is 14.0. The van der Waals surface area contributed by atoms with Crippen molar-refractivity contribution in [2.75, 3.05) is 38.7 Å². The van der Waals surface area contributed by atoms with Crippen molar-refractivity contribution in [1.82, 2.24) is 21.3 Å². The Morgan fingerprint density at radius 3 is 2.42 bits per heavy atom. The van der Waals surface area contributed by atoms with Gasteiger partial charge in [0.1, 0.15) is 18.7 Å². The number of carbonyl (C=O) groups excluding carboxylic acids is 5. The third-order valence-electron chi connectivity index (χ3n) is 6.38. The summed E-state index contributed by atoms with van der Waals surface area (Å²) in [5.74, 6) is -1.97. The summed E-state index contributed by atoms with van der Waals surface area (Å²) in [4.78, 5) is 64.3. The molecule has 1 heterocycles. The Labute approximate surface area is 260 Å². The van der Waals surface area contributed by atoms with Gasteiger partial charge in [-0.25, -0.2) is 0 Å². The Balaban J connectivity index is 1.84. The lowest BCUT2D eigenvalue weighted by atomic mass is 10.0. The van der Waals surface area contributed by atoms with Crippen LogP contribution < -0.4 is 21.3 Å². The van der Waals surface area contributed by atoms with Crippen molar-refractivity contribution < 1.29 is 33.4 Å². The van der Waals surface area contributed by atoms with E-state index in [2.05, 4.69) is 21.3 Å². The van der Waals surface area contributed by atoms with Crippen LogP contribution in [0.1, 0.15) is 24.5 Å². The number of aryl methyl sites for hydroxylation is 1. The normalized spacial score (nSPS) is 21.8. The van der Waals surface area contributed by atoms with Crippen molar-refractivity contribution in [2.24, 2.45) is 0 Å². The molecule has 0 bridgehead atoms. The van der Waals surface area contributed by atoms with Crippen LogP contribution in [0.5, 0.6) is 0 Å². The molecule has 1 fully saturated rings. The van der Waals surface area contributed by atoms with Crippen molar-refractivity contribution in [2.45, 2.75) is 44.3 Å². The van der Waals surface area contributed by atoms with E-state index in [1.807, 2.05) is 36.4 Å². The largest absolute Gasteiger partial charge is 0.377 e. The standard InChI is InChI=1S/C30H37ClN4O7S/c1-20(36)33-26-19-43-30(40)24(11-10-22-8-5-9-23(31)16-22)35-29(39)25(17-21-6-3-2-4-7-21)34-27(37)18-42-15-14-41-13-12-32-28(26)38/h2-9,16,24-26H,10-15,17-19H2,1H3,(H,32,38)(H,33,36)(H,34,37)(H,35,39)/t24-,25-,26-/m0/s1. The summed E-state index contributed by atoms with van der Waals surface area (Å²) in [7, 11) is 0. The topological polar surface area (TPSA) is 152 Å². The molecule has 232 valence electrons. The average Bonchev–Trinajstić information content (AvgIpc) is 2.98. The van der Waals surface area contributed by atoms with E-state index in [9.17, 15) is 24.0 Å². The van der Waals surface area contributed by atoms with Crippen molar-refractivity contribution in [1.29, 1.82) is 0 Å². The molecule has 0 unspecified atom stereocenters. The fourth-order valence-electron chi connectivity index (χ4n) is 4.27. The Bertz CT molecular complexity index is 1250. The smallest absolute Gasteiger partial charge is 0.246 e. The summed E-state index contributed by atoms with van der Waals surface area (Å²) in [6.07, 6.45) is 0.854. The summed E-state index contributed by atoms with van der Waals surface area (Å²) in [6, 6.07) is 13.5. The average molecular weight is 633 g/mol. The molecular formula is C30H37ClN4O7S. The number of ether oxygens (including phenoxy) is 2. The molecule has 0 aromatic heterocycles. The molecule has 1 aliphatic heterocycles. The van der Waals surface area contributed by atoms with Crippen LogP contribution in [-0.4, -0.2) is 85.6 Å². The van der Waals surface area contributed by atoms with Crippen LogP contribution in [0.2, 0.25) is 5.02 Å². The van der Waals surface area contributed by atoms with E-state index in [0.29, 0.717) is 11.4 Å². The summed E-state index contributed by atoms with van der Waals surface area (Å²) in [5.41, 5.74) is 1.69. The van der Waals surface area contributed by atoms with Gasteiger partial charge in [0, 0.05) is 30.7 Å². The maximum Gasteiger partial charge on any atom is 0.246 e. The van der Waals surface area contributed by atoms with Gasteiger partial charge in [0.05, 0.1) is 25.9 Å². The van der Waals surface area contributed by atoms with Crippen molar-refractivity contribution in [3.8, 4) is 0 Å². The molecule has 4 N–H and O–H groups in total. The molecule has 2 aromatic rings. The Morgan fingerprint density at radius 1 is 0.930 bits per heavy atom. The number of carbonyl (C=O) groups is 5. The quantitative estimate of drug-likeness (QED) is 0.373. The Morgan fingerprint density at radius 2 is 1.67 bits per heavy atom. The molecule has 0 spiro atoms. The molecule has 0 aliphatic carbocycles. The lowest BCUT2D eigenvalue weighted by Crippen LogP contribution is -2.53. The maximum absolute atomic E-state index is 13.6. The summed E-state index contributed by atoms with van der Waals surface area (Å²) in [5, 5.41) is 11.0. The number of thioether (sulfide) groups is 1. The van der Waals surface area contributed by atoms with Gasteiger partial charge in [-0.2, -0.15) is 0 Å². The zero-order valence-corrected chi connectivity index (χ0v) is 25.5. The monoisotopic (exact) mass is 632 g/mol. The molecule has 3 rings (SSSR count). The molecule has 13 heteroatoms.